The highest BCUT2D eigenvalue weighted by atomic mass is 16.2. The van der Waals surface area contributed by atoms with Gasteiger partial charge in [-0.2, -0.15) is 5.26 Å². The fraction of sp³-hybridized carbons (Fsp3) is 0.471. The summed E-state index contributed by atoms with van der Waals surface area (Å²) in [5.41, 5.74) is 0.542. The van der Waals surface area contributed by atoms with Gasteiger partial charge in [-0.25, -0.2) is 4.98 Å². The number of pyridine rings is 1. The topological polar surface area (TPSA) is 81.0 Å². The van der Waals surface area contributed by atoms with Crippen molar-refractivity contribution >= 4 is 11.7 Å². The predicted molar refractivity (Wildman–Crippen MR) is 92.7 cm³/mol. The fourth-order valence-corrected chi connectivity index (χ4v) is 1.88. The number of rotatable bonds is 9. The molecule has 1 aromatic rings. The van der Waals surface area contributed by atoms with Crippen molar-refractivity contribution in [3.05, 3.63) is 23.9 Å². The van der Waals surface area contributed by atoms with Crippen molar-refractivity contribution in [2.45, 2.75) is 20.3 Å². The van der Waals surface area contributed by atoms with E-state index in [-0.39, 0.29) is 5.91 Å². The van der Waals surface area contributed by atoms with Gasteiger partial charge in [-0.15, -0.1) is 12.8 Å². The van der Waals surface area contributed by atoms with Gasteiger partial charge >= 0.3 is 0 Å². The van der Waals surface area contributed by atoms with Gasteiger partial charge in [0.05, 0.1) is 12.1 Å². The van der Waals surface area contributed by atoms with Gasteiger partial charge in [-0.1, -0.05) is 6.92 Å². The number of terminal acetylenes is 1. The standard InChI is InChI=1S/C15H23N5O.C2H2/c1-3-9-20(4-2)15(21)12-17-7-8-18-14-6-5-13(10-16)11-19-14;1-2/h5-6,11,17H,3-4,7-9,12H2,1-2H3,(H,18,19);1-2H. The van der Waals surface area contributed by atoms with Crippen LogP contribution in [0.5, 0.6) is 0 Å². The zero-order valence-corrected chi connectivity index (χ0v) is 13.9. The third kappa shape index (κ3) is 8.45. The van der Waals surface area contributed by atoms with E-state index < -0.39 is 0 Å². The van der Waals surface area contributed by atoms with E-state index in [1.54, 1.807) is 12.1 Å². The van der Waals surface area contributed by atoms with E-state index >= 15 is 0 Å². The molecule has 1 amide bonds. The van der Waals surface area contributed by atoms with Crippen molar-refractivity contribution in [1.82, 2.24) is 15.2 Å². The van der Waals surface area contributed by atoms with Crippen LogP contribution in [0.4, 0.5) is 5.82 Å². The molecule has 0 aromatic carbocycles. The molecule has 0 aliphatic heterocycles. The molecule has 6 heteroatoms. The van der Waals surface area contributed by atoms with Crippen LogP contribution in [0.2, 0.25) is 0 Å². The highest BCUT2D eigenvalue weighted by molar-refractivity contribution is 5.78. The number of likely N-dealkylation sites (N-methyl/N-ethyl adjacent to an activating group) is 1. The van der Waals surface area contributed by atoms with Crippen LogP contribution in [0.15, 0.2) is 18.3 Å². The minimum atomic E-state index is 0.135. The van der Waals surface area contributed by atoms with E-state index in [0.29, 0.717) is 25.2 Å². The van der Waals surface area contributed by atoms with Gasteiger partial charge in [-0.05, 0) is 25.5 Å². The van der Waals surface area contributed by atoms with Crippen molar-refractivity contribution in [3.8, 4) is 18.9 Å². The fourth-order valence-electron chi connectivity index (χ4n) is 1.88. The summed E-state index contributed by atoms with van der Waals surface area (Å²) in [5.74, 6) is 0.860. The molecule has 0 fully saturated rings. The Labute approximate surface area is 138 Å². The van der Waals surface area contributed by atoms with Crippen molar-refractivity contribution in [1.29, 1.82) is 5.26 Å². The number of carbonyl (C=O) groups excluding carboxylic acids is 1. The second-order valence-corrected chi connectivity index (χ2v) is 4.62. The number of nitrogens with one attached hydrogen (secondary N) is 2. The average molecular weight is 315 g/mol. The Morgan fingerprint density at radius 3 is 2.61 bits per heavy atom. The second kappa shape index (κ2) is 13.1. The summed E-state index contributed by atoms with van der Waals surface area (Å²) in [5, 5.41) is 14.9. The molecule has 0 unspecified atom stereocenters. The van der Waals surface area contributed by atoms with Crippen LogP contribution in [0.1, 0.15) is 25.8 Å². The van der Waals surface area contributed by atoms with Crippen LogP contribution in [-0.4, -0.2) is 48.5 Å². The molecule has 0 bridgehead atoms. The largest absolute Gasteiger partial charge is 0.369 e. The van der Waals surface area contributed by atoms with E-state index in [1.807, 2.05) is 17.9 Å². The zero-order chi connectivity index (χ0) is 17.5. The van der Waals surface area contributed by atoms with Crippen LogP contribution in [0.3, 0.4) is 0 Å². The second-order valence-electron chi connectivity index (χ2n) is 4.62. The Kier molecular flexibility index (Phi) is 11.7. The summed E-state index contributed by atoms with van der Waals surface area (Å²) in [4.78, 5) is 17.8. The van der Waals surface area contributed by atoms with Crippen molar-refractivity contribution in [2.75, 3.05) is 38.0 Å². The third-order valence-corrected chi connectivity index (χ3v) is 3.00. The van der Waals surface area contributed by atoms with Gasteiger partial charge in [0.2, 0.25) is 5.91 Å². The molecule has 0 aliphatic rings. The van der Waals surface area contributed by atoms with E-state index in [1.165, 1.54) is 6.20 Å². The van der Waals surface area contributed by atoms with E-state index in [0.717, 1.165) is 25.3 Å². The van der Waals surface area contributed by atoms with Crippen LogP contribution in [0.25, 0.3) is 0 Å². The number of nitrogens with zero attached hydrogens (tertiary/aromatic N) is 3. The third-order valence-electron chi connectivity index (χ3n) is 3.00. The molecule has 124 valence electrons. The molecule has 0 atom stereocenters. The Morgan fingerprint density at radius 1 is 1.35 bits per heavy atom. The number of hydrogen-bond donors (Lipinski definition) is 2. The number of carbonyl (C=O) groups is 1. The monoisotopic (exact) mass is 315 g/mol. The first kappa shape index (κ1) is 20.4. The highest BCUT2D eigenvalue weighted by Crippen LogP contribution is 2.02. The van der Waals surface area contributed by atoms with E-state index in [2.05, 4.69) is 35.4 Å². The number of nitriles is 1. The molecule has 0 radical (unpaired) electrons. The van der Waals surface area contributed by atoms with Crippen LogP contribution in [0, 0.1) is 24.2 Å². The molecular formula is C17H25N5O. The predicted octanol–water partition coefficient (Wildman–Crippen LogP) is 1.46. The van der Waals surface area contributed by atoms with Crippen molar-refractivity contribution in [2.24, 2.45) is 0 Å². The van der Waals surface area contributed by atoms with Gasteiger partial charge in [0.15, 0.2) is 0 Å². The minimum absolute atomic E-state index is 0.135. The number of hydrogen-bond acceptors (Lipinski definition) is 5. The summed E-state index contributed by atoms with van der Waals surface area (Å²) in [6.07, 6.45) is 10.5. The molecule has 2 N–H and O–H groups in total. The summed E-state index contributed by atoms with van der Waals surface area (Å²) < 4.78 is 0. The molecule has 0 saturated carbocycles. The lowest BCUT2D eigenvalue weighted by atomic mass is 10.3. The Balaban J connectivity index is 0.00000232. The summed E-state index contributed by atoms with van der Waals surface area (Å²) >= 11 is 0. The number of amides is 1. The Morgan fingerprint density at radius 2 is 2.09 bits per heavy atom. The van der Waals surface area contributed by atoms with Crippen LogP contribution >= 0.6 is 0 Å². The smallest absolute Gasteiger partial charge is 0.236 e. The Hall–Kier alpha value is -2.57. The minimum Gasteiger partial charge on any atom is -0.369 e. The summed E-state index contributed by atoms with van der Waals surface area (Å²) in [7, 11) is 0. The maximum atomic E-state index is 11.9. The zero-order valence-electron chi connectivity index (χ0n) is 13.9. The lowest BCUT2D eigenvalue weighted by Gasteiger charge is -2.20. The SMILES string of the molecule is C#C.CCCN(CC)C(=O)CNCCNc1ccc(C#N)cn1. The highest BCUT2D eigenvalue weighted by Gasteiger charge is 2.09. The van der Waals surface area contributed by atoms with Crippen LogP contribution in [-0.2, 0) is 4.79 Å². The summed E-state index contributed by atoms with van der Waals surface area (Å²) in [6.45, 7) is 7.33. The van der Waals surface area contributed by atoms with E-state index in [4.69, 9.17) is 5.26 Å². The number of anilines is 1. The summed E-state index contributed by atoms with van der Waals surface area (Å²) in [6, 6.07) is 5.51. The molecule has 23 heavy (non-hydrogen) atoms. The molecule has 0 saturated heterocycles. The van der Waals surface area contributed by atoms with Gasteiger partial charge in [0.25, 0.3) is 0 Å². The first-order valence-electron chi connectivity index (χ1n) is 7.63. The average Bonchev–Trinajstić information content (AvgIpc) is 2.61. The molecule has 1 aromatic heterocycles. The quantitative estimate of drug-likeness (QED) is 0.533. The van der Waals surface area contributed by atoms with Crippen molar-refractivity contribution < 1.29 is 4.79 Å². The molecular weight excluding hydrogens is 290 g/mol. The van der Waals surface area contributed by atoms with Gasteiger partial charge in [0, 0.05) is 32.4 Å². The van der Waals surface area contributed by atoms with Crippen molar-refractivity contribution in [3.63, 3.8) is 0 Å². The van der Waals surface area contributed by atoms with Gasteiger partial charge in [-0.3, -0.25) is 4.79 Å². The lowest BCUT2D eigenvalue weighted by molar-refractivity contribution is -0.130. The lowest BCUT2D eigenvalue weighted by Crippen LogP contribution is -2.39. The molecule has 0 spiro atoms. The number of aromatic nitrogens is 1. The molecule has 1 heterocycles. The first-order valence-corrected chi connectivity index (χ1v) is 7.63. The Bertz CT molecular complexity index is 504. The van der Waals surface area contributed by atoms with E-state index in [9.17, 15) is 4.79 Å². The molecule has 6 nitrogen and oxygen atoms in total. The van der Waals surface area contributed by atoms with Gasteiger partial charge in [0.1, 0.15) is 11.9 Å². The first-order chi connectivity index (χ1) is 11.2. The van der Waals surface area contributed by atoms with Crippen LogP contribution < -0.4 is 10.6 Å². The maximum Gasteiger partial charge on any atom is 0.236 e. The molecule has 1 rings (SSSR count). The normalized spacial score (nSPS) is 9.17. The van der Waals surface area contributed by atoms with Gasteiger partial charge < -0.3 is 15.5 Å². The maximum absolute atomic E-state index is 11.9. The molecule has 0 aliphatic carbocycles.